The summed E-state index contributed by atoms with van der Waals surface area (Å²) in [5, 5.41) is 6.04. The molecule has 26 heavy (non-hydrogen) atoms. The highest BCUT2D eigenvalue weighted by molar-refractivity contribution is 7.15. The summed E-state index contributed by atoms with van der Waals surface area (Å²) in [6.45, 7) is 5.64. The number of hydrogen-bond donors (Lipinski definition) is 2. The first-order valence-electron chi connectivity index (χ1n) is 8.11. The fourth-order valence-electron chi connectivity index (χ4n) is 2.29. The fraction of sp³-hybridized carbons (Fsp3) is 0.389. The minimum Gasteiger partial charge on any atom is -0.497 e. The lowest BCUT2D eigenvalue weighted by Gasteiger charge is -2.21. The van der Waals surface area contributed by atoms with Gasteiger partial charge in [-0.05, 0) is 25.0 Å². The molecule has 0 radical (unpaired) electrons. The van der Waals surface area contributed by atoms with Crippen molar-refractivity contribution in [1.29, 1.82) is 0 Å². The number of rotatable bonds is 7. The van der Waals surface area contributed by atoms with Gasteiger partial charge in [0.1, 0.15) is 17.5 Å². The molecule has 2 amide bonds. The lowest BCUT2D eigenvalue weighted by molar-refractivity contribution is -0.118. The third-order valence-electron chi connectivity index (χ3n) is 3.70. The first kappa shape index (κ1) is 19.7. The van der Waals surface area contributed by atoms with Crippen LogP contribution in [0.5, 0.6) is 11.5 Å². The Morgan fingerprint density at radius 3 is 2.19 bits per heavy atom. The highest BCUT2D eigenvalue weighted by Gasteiger charge is 2.26. The summed E-state index contributed by atoms with van der Waals surface area (Å²) in [6.07, 6.45) is 1.69. The summed E-state index contributed by atoms with van der Waals surface area (Å²) in [6, 6.07) is 4.16. The van der Waals surface area contributed by atoms with Crippen molar-refractivity contribution < 1.29 is 19.1 Å². The van der Waals surface area contributed by atoms with E-state index < -0.39 is 6.04 Å². The molecular weight excluding hydrogens is 354 g/mol. The van der Waals surface area contributed by atoms with Crippen molar-refractivity contribution >= 4 is 28.3 Å². The number of thiazole rings is 1. The van der Waals surface area contributed by atoms with Crippen LogP contribution in [0.2, 0.25) is 0 Å². The number of aryl methyl sites for hydroxylation is 1. The molecule has 1 aromatic heterocycles. The molecule has 2 aromatic rings. The van der Waals surface area contributed by atoms with Gasteiger partial charge in [-0.3, -0.25) is 9.59 Å². The maximum absolute atomic E-state index is 12.6. The van der Waals surface area contributed by atoms with E-state index in [1.165, 1.54) is 25.6 Å². The Morgan fingerprint density at radius 2 is 1.73 bits per heavy atom. The predicted molar refractivity (Wildman–Crippen MR) is 101 cm³/mol. The van der Waals surface area contributed by atoms with Gasteiger partial charge in [0, 0.05) is 22.7 Å². The molecule has 0 aliphatic carbocycles. The normalized spacial score (nSPS) is 11.8. The molecule has 0 aliphatic heterocycles. The average Bonchev–Trinajstić information content (AvgIpc) is 3.03. The van der Waals surface area contributed by atoms with Crippen LogP contribution >= 0.6 is 11.3 Å². The number of methoxy groups -OCH3 is 2. The molecule has 140 valence electrons. The second-order valence-electron chi connectivity index (χ2n) is 6.06. The molecule has 2 N–H and O–H groups in total. The molecule has 0 bridgehead atoms. The largest absolute Gasteiger partial charge is 0.497 e. The van der Waals surface area contributed by atoms with Crippen LogP contribution in [-0.4, -0.2) is 37.1 Å². The number of nitrogens with zero attached hydrogens (tertiary/aromatic N) is 1. The highest BCUT2D eigenvalue weighted by atomic mass is 32.1. The lowest BCUT2D eigenvalue weighted by atomic mass is 10.0. The first-order valence-corrected chi connectivity index (χ1v) is 8.93. The molecule has 0 saturated carbocycles. The Morgan fingerprint density at radius 1 is 1.12 bits per heavy atom. The number of carbonyl (C=O) groups is 2. The Bertz CT molecular complexity index is 766. The summed E-state index contributed by atoms with van der Waals surface area (Å²) in [7, 11) is 3.02. The molecule has 0 fully saturated rings. The molecule has 7 nitrogen and oxygen atoms in total. The quantitative estimate of drug-likeness (QED) is 0.774. The number of benzene rings is 1. The van der Waals surface area contributed by atoms with Gasteiger partial charge < -0.3 is 20.1 Å². The summed E-state index contributed by atoms with van der Waals surface area (Å²) < 4.78 is 10.4. The zero-order chi connectivity index (χ0) is 19.3. The van der Waals surface area contributed by atoms with E-state index in [0.717, 1.165) is 4.88 Å². The standard InChI is InChI=1S/C18H23N3O4S/c1-10(2)15(17(23)21-18-19-9-11(3)26-18)20-16(22)12-6-13(24-4)8-14(7-12)25-5/h6-10,15H,1-5H3,(H,20,22)(H,19,21,23)/t15-/m0/s1. The van der Waals surface area contributed by atoms with Gasteiger partial charge in [0.2, 0.25) is 5.91 Å². The number of hydrogen-bond acceptors (Lipinski definition) is 6. The van der Waals surface area contributed by atoms with Gasteiger partial charge in [-0.25, -0.2) is 4.98 Å². The predicted octanol–water partition coefficient (Wildman–Crippen LogP) is 2.86. The summed E-state index contributed by atoms with van der Waals surface area (Å²) in [5.41, 5.74) is 0.352. The van der Waals surface area contributed by atoms with E-state index in [2.05, 4.69) is 15.6 Å². The van der Waals surface area contributed by atoms with Gasteiger partial charge in [0.05, 0.1) is 14.2 Å². The van der Waals surface area contributed by atoms with Crippen molar-refractivity contribution in [3.63, 3.8) is 0 Å². The monoisotopic (exact) mass is 377 g/mol. The number of amides is 2. The van der Waals surface area contributed by atoms with Gasteiger partial charge in [-0.1, -0.05) is 13.8 Å². The van der Waals surface area contributed by atoms with E-state index in [1.54, 1.807) is 24.4 Å². The number of carbonyl (C=O) groups excluding carboxylic acids is 2. The number of nitrogens with one attached hydrogen (secondary N) is 2. The van der Waals surface area contributed by atoms with E-state index in [4.69, 9.17) is 9.47 Å². The van der Waals surface area contributed by atoms with Crippen molar-refractivity contribution in [3.05, 3.63) is 34.8 Å². The molecule has 0 spiro atoms. The summed E-state index contributed by atoms with van der Waals surface area (Å²) in [4.78, 5) is 30.3. The van der Waals surface area contributed by atoms with Crippen LogP contribution in [0, 0.1) is 12.8 Å². The Kier molecular flexibility index (Phi) is 6.57. The molecule has 1 heterocycles. The maximum Gasteiger partial charge on any atom is 0.252 e. The zero-order valence-corrected chi connectivity index (χ0v) is 16.3. The molecule has 1 atom stereocenters. The maximum atomic E-state index is 12.6. The Balaban J connectivity index is 2.16. The van der Waals surface area contributed by atoms with Crippen LogP contribution in [0.15, 0.2) is 24.4 Å². The summed E-state index contributed by atoms with van der Waals surface area (Å²) >= 11 is 1.38. The van der Waals surface area contributed by atoms with Crippen molar-refractivity contribution in [2.75, 3.05) is 19.5 Å². The Hall–Kier alpha value is -2.61. The Labute approximate surface area is 156 Å². The average molecular weight is 377 g/mol. The molecule has 0 unspecified atom stereocenters. The van der Waals surface area contributed by atoms with E-state index >= 15 is 0 Å². The van der Waals surface area contributed by atoms with Gasteiger partial charge in [0.15, 0.2) is 5.13 Å². The van der Waals surface area contributed by atoms with Gasteiger partial charge in [0.25, 0.3) is 5.91 Å². The van der Waals surface area contributed by atoms with Crippen LogP contribution in [0.3, 0.4) is 0 Å². The highest BCUT2D eigenvalue weighted by Crippen LogP contribution is 2.23. The molecule has 1 aromatic carbocycles. The number of ether oxygens (including phenoxy) is 2. The lowest BCUT2D eigenvalue weighted by Crippen LogP contribution is -2.47. The van der Waals surface area contributed by atoms with Crippen LogP contribution < -0.4 is 20.1 Å². The molecular formula is C18H23N3O4S. The third-order valence-corrected chi connectivity index (χ3v) is 4.53. The van der Waals surface area contributed by atoms with Gasteiger partial charge in [-0.2, -0.15) is 0 Å². The van der Waals surface area contributed by atoms with Gasteiger partial charge >= 0.3 is 0 Å². The second kappa shape index (κ2) is 8.66. The topological polar surface area (TPSA) is 89.5 Å². The minimum absolute atomic E-state index is 0.104. The van der Waals surface area contributed by atoms with E-state index in [0.29, 0.717) is 22.2 Å². The third kappa shape index (κ3) is 4.95. The van der Waals surface area contributed by atoms with Crippen LogP contribution in [-0.2, 0) is 4.79 Å². The summed E-state index contributed by atoms with van der Waals surface area (Å²) in [5.74, 6) is 0.202. The first-order chi connectivity index (χ1) is 12.3. The SMILES string of the molecule is COc1cc(OC)cc(C(=O)N[C@H](C(=O)Nc2ncc(C)s2)C(C)C)c1. The van der Waals surface area contributed by atoms with Crippen LogP contribution in [0.25, 0.3) is 0 Å². The minimum atomic E-state index is -0.705. The van der Waals surface area contributed by atoms with E-state index in [-0.39, 0.29) is 17.7 Å². The van der Waals surface area contributed by atoms with E-state index in [1.807, 2.05) is 20.8 Å². The van der Waals surface area contributed by atoms with Crippen molar-refractivity contribution in [2.45, 2.75) is 26.8 Å². The smallest absolute Gasteiger partial charge is 0.252 e. The number of anilines is 1. The van der Waals surface area contributed by atoms with Crippen molar-refractivity contribution in [3.8, 4) is 11.5 Å². The molecule has 0 saturated heterocycles. The number of aromatic nitrogens is 1. The molecule has 0 aliphatic rings. The van der Waals surface area contributed by atoms with E-state index in [9.17, 15) is 9.59 Å². The van der Waals surface area contributed by atoms with Crippen LogP contribution in [0.4, 0.5) is 5.13 Å². The van der Waals surface area contributed by atoms with Crippen molar-refractivity contribution in [1.82, 2.24) is 10.3 Å². The molecule has 8 heteroatoms. The fourth-order valence-corrected chi connectivity index (χ4v) is 2.96. The zero-order valence-electron chi connectivity index (χ0n) is 15.5. The molecule has 2 rings (SSSR count). The van der Waals surface area contributed by atoms with Crippen LogP contribution in [0.1, 0.15) is 29.1 Å². The van der Waals surface area contributed by atoms with Gasteiger partial charge in [-0.15, -0.1) is 11.3 Å². The van der Waals surface area contributed by atoms with Crippen molar-refractivity contribution in [2.24, 2.45) is 5.92 Å². The second-order valence-corrected chi connectivity index (χ2v) is 7.30.